The summed E-state index contributed by atoms with van der Waals surface area (Å²) in [5.41, 5.74) is -4.23. The van der Waals surface area contributed by atoms with Gasteiger partial charge in [0.25, 0.3) is 5.91 Å². The fraction of sp³-hybridized carbons (Fsp3) is 0.909. The van der Waals surface area contributed by atoms with Crippen molar-refractivity contribution in [2.75, 3.05) is 13.1 Å². The van der Waals surface area contributed by atoms with Gasteiger partial charge >= 0.3 is 11.8 Å². The number of amides is 1. The molecule has 0 aromatic rings. The van der Waals surface area contributed by atoms with Crippen LogP contribution in [0.5, 0.6) is 0 Å². The highest BCUT2D eigenvalue weighted by molar-refractivity contribution is 5.87. The first-order valence-corrected chi connectivity index (χ1v) is 5.89. The van der Waals surface area contributed by atoms with Crippen molar-refractivity contribution in [2.45, 2.75) is 51.6 Å². The lowest BCUT2D eigenvalue weighted by Gasteiger charge is -2.34. The molecule has 7 heteroatoms. The average Bonchev–Trinajstić information content (AvgIpc) is 2.28. The molecule has 0 saturated heterocycles. The second-order valence-electron chi connectivity index (χ2n) is 3.99. The number of hydrogen-bond donors (Lipinski definition) is 1. The molecule has 0 aliphatic heterocycles. The Kier molecular flexibility index (Phi) is 6.06. The highest BCUT2D eigenvalue weighted by atomic mass is 19.4. The zero-order valence-electron chi connectivity index (χ0n) is 10.7. The second-order valence-corrected chi connectivity index (χ2v) is 3.99. The van der Waals surface area contributed by atoms with Gasteiger partial charge in [-0.1, -0.05) is 13.3 Å². The maximum absolute atomic E-state index is 14.1. The first-order valence-electron chi connectivity index (χ1n) is 5.89. The summed E-state index contributed by atoms with van der Waals surface area (Å²) in [6.45, 7) is 4.31. The Bertz CT molecular complexity index is 279. The van der Waals surface area contributed by atoms with Gasteiger partial charge in [0.2, 0.25) is 0 Å². The van der Waals surface area contributed by atoms with E-state index < -0.39 is 30.3 Å². The highest BCUT2D eigenvalue weighted by Crippen LogP contribution is 2.39. The number of nitrogens with zero attached hydrogens (tertiary/aromatic N) is 1. The minimum Gasteiger partial charge on any atom is -0.389 e. The number of aliphatic hydroxyl groups is 1. The molecule has 108 valence electrons. The standard InChI is InChI=1S/C11H19F4NO2/c1-4-7-8(17)10(12,11(13,14)15)9(18)16(5-2)6-3/h8,17H,4-7H2,1-3H3/t8-,10-/m1/s1. The molecular weight excluding hydrogens is 254 g/mol. The molecule has 1 N–H and O–H groups in total. The Hall–Kier alpha value is -0.850. The minimum absolute atomic E-state index is 0.0457. The van der Waals surface area contributed by atoms with Crippen molar-refractivity contribution in [3.05, 3.63) is 0 Å². The molecule has 0 aromatic carbocycles. The van der Waals surface area contributed by atoms with Gasteiger partial charge in [0.1, 0.15) is 6.10 Å². The van der Waals surface area contributed by atoms with Crippen LogP contribution in [-0.4, -0.2) is 47.0 Å². The largest absolute Gasteiger partial charge is 0.434 e. The number of halogens is 4. The molecule has 0 aliphatic carbocycles. The number of alkyl halides is 4. The molecule has 0 heterocycles. The molecule has 0 saturated carbocycles. The van der Waals surface area contributed by atoms with Crippen LogP contribution in [0.1, 0.15) is 33.6 Å². The topological polar surface area (TPSA) is 40.5 Å². The number of carbonyl (C=O) groups is 1. The van der Waals surface area contributed by atoms with E-state index in [9.17, 15) is 27.5 Å². The van der Waals surface area contributed by atoms with Gasteiger partial charge in [-0.3, -0.25) is 4.79 Å². The number of carbonyl (C=O) groups excluding carboxylic acids is 1. The highest BCUT2D eigenvalue weighted by Gasteiger charge is 2.66. The van der Waals surface area contributed by atoms with Crippen molar-refractivity contribution in [1.29, 1.82) is 0 Å². The molecule has 3 nitrogen and oxygen atoms in total. The van der Waals surface area contributed by atoms with Crippen LogP contribution in [0.3, 0.4) is 0 Å². The molecule has 0 rings (SSSR count). The van der Waals surface area contributed by atoms with Crippen LogP contribution in [0.4, 0.5) is 17.6 Å². The first-order chi connectivity index (χ1) is 8.16. The molecule has 0 radical (unpaired) electrons. The number of rotatable bonds is 6. The minimum atomic E-state index is -5.43. The van der Waals surface area contributed by atoms with Crippen LogP contribution in [0.15, 0.2) is 0 Å². The molecule has 0 unspecified atom stereocenters. The summed E-state index contributed by atoms with van der Waals surface area (Å²) in [6.07, 6.45) is -8.09. The van der Waals surface area contributed by atoms with Crippen molar-refractivity contribution >= 4 is 5.91 Å². The number of hydrogen-bond acceptors (Lipinski definition) is 2. The van der Waals surface area contributed by atoms with Gasteiger partial charge in [-0.05, 0) is 20.3 Å². The van der Waals surface area contributed by atoms with Gasteiger partial charge in [0.15, 0.2) is 0 Å². The van der Waals surface area contributed by atoms with Gasteiger partial charge in [-0.25, -0.2) is 4.39 Å². The van der Waals surface area contributed by atoms with E-state index in [-0.39, 0.29) is 19.5 Å². The summed E-state index contributed by atoms with van der Waals surface area (Å²) in [6, 6.07) is 0. The molecule has 0 fully saturated rings. The molecule has 0 bridgehead atoms. The SMILES string of the molecule is CCC[C@@H](O)[C@@](F)(C(=O)N(CC)CC)C(F)(F)F. The zero-order chi connectivity index (χ0) is 14.6. The van der Waals surface area contributed by atoms with E-state index in [4.69, 9.17) is 0 Å². The predicted molar refractivity (Wildman–Crippen MR) is 58.7 cm³/mol. The number of aliphatic hydroxyl groups excluding tert-OH is 1. The summed E-state index contributed by atoms with van der Waals surface area (Å²) in [7, 11) is 0. The van der Waals surface area contributed by atoms with Crippen LogP contribution in [0.2, 0.25) is 0 Å². The molecule has 0 aliphatic rings. The van der Waals surface area contributed by atoms with E-state index in [1.54, 1.807) is 0 Å². The molecular formula is C11H19F4NO2. The van der Waals surface area contributed by atoms with Crippen LogP contribution in [0.25, 0.3) is 0 Å². The second kappa shape index (κ2) is 6.36. The van der Waals surface area contributed by atoms with Crippen molar-refractivity contribution in [1.82, 2.24) is 4.90 Å². The average molecular weight is 273 g/mol. The first kappa shape index (κ1) is 17.2. The van der Waals surface area contributed by atoms with Crippen molar-refractivity contribution < 1.29 is 27.5 Å². The lowest BCUT2D eigenvalue weighted by molar-refractivity contribution is -0.256. The van der Waals surface area contributed by atoms with Crippen molar-refractivity contribution in [2.24, 2.45) is 0 Å². The third kappa shape index (κ3) is 3.13. The summed E-state index contributed by atoms with van der Waals surface area (Å²) in [4.78, 5) is 12.4. The fourth-order valence-electron chi connectivity index (χ4n) is 1.67. The smallest absolute Gasteiger partial charge is 0.389 e. The van der Waals surface area contributed by atoms with Crippen LogP contribution < -0.4 is 0 Å². The molecule has 2 atom stereocenters. The van der Waals surface area contributed by atoms with Gasteiger partial charge in [0.05, 0.1) is 0 Å². The Morgan fingerprint density at radius 3 is 1.89 bits per heavy atom. The lowest BCUT2D eigenvalue weighted by atomic mass is 9.92. The maximum atomic E-state index is 14.1. The quantitative estimate of drug-likeness (QED) is 0.754. The molecule has 18 heavy (non-hydrogen) atoms. The van der Waals surface area contributed by atoms with E-state index in [0.717, 1.165) is 4.90 Å². The Balaban J connectivity index is 5.41. The third-order valence-corrected chi connectivity index (χ3v) is 2.80. The van der Waals surface area contributed by atoms with Gasteiger partial charge in [-0.15, -0.1) is 0 Å². The fourth-order valence-corrected chi connectivity index (χ4v) is 1.67. The van der Waals surface area contributed by atoms with Gasteiger partial charge in [0, 0.05) is 13.1 Å². The van der Waals surface area contributed by atoms with Crippen LogP contribution >= 0.6 is 0 Å². The summed E-state index contributed by atoms with van der Waals surface area (Å²) in [5, 5.41) is 9.37. The Labute approximate surface area is 104 Å². The summed E-state index contributed by atoms with van der Waals surface area (Å²) < 4.78 is 52.5. The van der Waals surface area contributed by atoms with E-state index in [0.29, 0.717) is 0 Å². The molecule has 0 aromatic heterocycles. The Morgan fingerprint density at radius 2 is 1.61 bits per heavy atom. The summed E-state index contributed by atoms with van der Waals surface area (Å²) in [5.74, 6) is -1.72. The van der Waals surface area contributed by atoms with E-state index in [2.05, 4.69) is 0 Å². The van der Waals surface area contributed by atoms with Crippen molar-refractivity contribution in [3.8, 4) is 0 Å². The van der Waals surface area contributed by atoms with Gasteiger partial charge in [-0.2, -0.15) is 13.2 Å². The Morgan fingerprint density at radius 1 is 1.17 bits per heavy atom. The van der Waals surface area contributed by atoms with E-state index >= 15 is 0 Å². The van der Waals surface area contributed by atoms with Crippen LogP contribution in [-0.2, 0) is 4.79 Å². The monoisotopic (exact) mass is 273 g/mol. The zero-order valence-corrected chi connectivity index (χ0v) is 10.7. The predicted octanol–water partition coefficient (Wildman–Crippen LogP) is 2.29. The van der Waals surface area contributed by atoms with Crippen molar-refractivity contribution in [3.63, 3.8) is 0 Å². The molecule has 1 amide bonds. The van der Waals surface area contributed by atoms with Crippen LogP contribution in [0, 0.1) is 0 Å². The summed E-state index contributed by atoms with van der Waals surface area (Å²) >= 11 is 0. The molecule has 0 spiro atoms. The third-order valence-electron chi connectivity index (χ3n) is 2.80. The normalized spacial score (nSPS) is 17.1. The maximum Gasteiger partial charge on any atom is 0.434 e. The van der Waals surface area contributed by atoms with Gasteiger partial charge < -0.3 is 10.0 Å². The lowest BCUT2D eigenvalue weighted by Crippen LogP contribution is -2.61. The van der Waals surface area contributed by atoms with E-state index in [1.165, 1.54) is 20.8 Å². The van der Waals surface area contributed by atoms with E-state index in [1.807, 2.05) is 0 Å².